The van der Waals surface area contributed by atoms with Crippen LogP contribution in [-0.2, 0) is 4.79 Å². The fourth-order valence-electron chi connectivity index (χ4n) is 2.71. The molecule has 4 rings (SSSR count). The molecule has 0 spiro atoms. The number of amides is 1. The first-order valence-corrected chi connectivity index (χ1v) is 11.3. The molecule has 1 amide bonds. The molecule has 0 aliphatic heterocycles. The number of benzene rings is 3. The highest BCUT2D eigenvalue weighted by Gasteiger charge is 2.17. The first-order chi connectivity index (χ1) is 14.0. The lowest BCUT2D eigenvalue weighted by Crippen LogP contribution is -2.20. The molecular formula is C21H13Br2ClN2O2S. The van der Waals surface area contributed by atoms with Gasteiger partial charge in [-0.2, -0.15) is 0 Å². The summed E-state index contributed by atoms with van der Waals surface area (Å²) in [4.78, 5) is 17.3. The van der Waals surface area contributed by atoms with Gasteiger partial charge in [-0.1, -0.05) is 39.7 Å². The first kappa shape index (κ1) is 20.3. The summed E-state index contributed by atoms with van der Waals surface area (Å²) >= 11 is 14.5. The van der Waals surface area contributed by atoms with E-state index >= 15 is 0 Å². The predicted octanol–water partition coefficient (Wildman–Crippen LogP) is 7.16. The molecule has 1 heterocycles. The number of anilines is 1. The van der Waals surface area contributed by atoms with Crippen molar-refractivity contribution in [1.29, 1.82) is 0 Å². The van der Waals surface area contributed by atoms with Crippen LogP contribution in [-0.4, -0.2) is 17.5 Å². The van der Waals surface area contributed by atoms with Gasteiger partial charge in [0.2, 0.25) is 0 Å². The highest BCUT2D eigenvalue weighted by molar-refractivity contribution is 9.11. The van der Waals surface area contributed by atoms with Gasteiger partial charge in [-0.15, -0.1) is 11.3 Å². The molecule has 4 aromatic rings. The molecule has 0 fully saturated rings. The van der Waals surface area contributed by atoms with E-state index in [0.29, 0.717) is 16.5 Å². The molecule has 29 heavy (non-hydrogen) atoms. The predicted molar refractivity (Wildman–Crippen MR) is 126 cm³/mol. The standard InChI is InChI=1S/C21H13Br2ClN2O2S/c22-12-9-15(21-25-17-3-1-2-4-18(17)29-21)20(16(23)10-12)26-19(27)11-28-14-7-5-13(24)6-8-14/h1-10H,11H2,(H,26,27). The van der Waals surface area contributed by atoms with Crippen LogP contribution in [0.25, 0.3) is 20.8 Å². The van der Waals surface area contributed by atoms with E-state index in [9.17, 15) is 4.79 Å². The third-order valence-corrected chi connectivity index (χ3v) is 6.43. The van der Waals surface area contributed by atoms with E-state index in [1.165, 1.54) is 0 Å². The molecular weight excluding hydrogens is 540 g/mol. The Morgan fingerprint density at radius 2 is 1.86 bits per heavy atom. The van der Waals surface area contributed by atoms with Gasteiger partial charge in [-0.25, -0.2) is 4.98 Å². The van der Waals surface area contributed by atoms with Gasteiger partial charge < -0.3 is 10.1 Å². The summed E-state index contributed by atoms with van der Waals surface area (Å²) in [6, 6.07) is 18.6. The number of hydrogen-bond acceptors (Lipinski definition) is 4. The lowest BCUT2D eigenvalue weighted by atomic mass is 10.2. The van der Waals surface area contributed by atoms with Gasteiger partial charge in [-0.3, -0.25) is 4.79 Å². The van der Waals surface area contributed by atoms with Crippen LogP contribution in [0.1, 0.15) is 0 Å². The summed E-state index contributed by atoms with van der Waals surface area (Å²) in [5, 5.41) is 4.37. The number of halogens is 3. The van der Waals surface area contributed by atoms with E-state index in [1.807, 2.05) is 36.4 Å². The fourth-order valence-corrected chi connectivity index (χ4v) is 5.15. The van der Waals surface area contributed by atoms with Crippen molar-refractivity contribution in [3.63, 3.8) is 0 Å². The van der Waals surface area contributed by atoms with Crippen molar-refractivity contribution in [2.75, 3.05) is 11.9 Å². The average Bonchev–Trinajstić information content (AvgIpc) is 3.13. The summed E-state index contributed by atoms with van der Waals surface area (Å²) in [6.45, 7) is -0.122. The van der Waals surface area contributed by atoms with Crippen LogP contribution < -0.4 is 10.1 Å². The van der Waals surface area contributed by atoms with E-state index in [1.54, 1.807) is 35.6 Å². The number of thiazole rings is 1. The van der Waals surface area contributed by atoms with Crippen molar-refractivity contribution in [3.05, 3.63) is 74.6 Å². The summed E-state index contributed by atoms with van der Waals surface area (Å²) in [5.74, 6) is 0.302. The zero-order valence-corrected chi connectivity index (χ0v) is 19.5. The maximum Gasteiger partial charge on any atom is 0.262 e. The van der Waals surface area contributed by atoms with E-state index < -0.39 is 0 Å². The number of aromatic nitrogens is 1. The molecule has 0 saturated carbocycles. The Labute approximate surface area is 193 Å². The van der Waals surface area contributed by atoms with Gasteiger partial charge in [-0.05, 0) is 64.5 Å². The van der Waals surface area contributed by atoms with Crippen molar-refractivity contribution < 1.29 is 9.53 Å². The molecule has 0 radical (unpaired) electrons. The van der Waals surface area contributed by atoms with Crippen molar-refractivity contribution >= 4 is 76.6 Å². The van der Waals surface area contributed by atoms with Gasteiger partial charge in [0.15, 0.2) is 6.61 Å². The fraction of sp³-hybridized carbons (Fsp3) is 0.0476. The summed E-state index contributed by atoms with van der Waals surface area (Å²) < 4.78 is 8.26. The monoisotopic (exact) mass is 550 g/mol. The molecule has 146 valence electrons. The number of rotatable bonds is 5. The molecule has 0 bridgehead atoms. The normalized spacial score (nSPS) is 10.9. The summed E-state index contributed by atoms with van der Waals surface area (Å²) in [6.07, 6.45) is 0. The van der Waals surface area contributed by atoms with Gasteiger partial charge in [0.25, 0.3) is 5.91 Å². The SMILES string of the molecule is O=C(COc1ccc(Cl)cc1)Nc1c(Br)cc(Br)cc1-c1nc2ccccc2s1. The van der Waals surface area contributed by atoms with Gasteiger partial charge >= 0.3 is 0 Å². The summed E-state index contributed by atoms with van der Waals surface area (Å²) in [7, 11) is 0. The van der Waals surface area contributed by atoms with Gasteiger partial charge in [0.1, 0.15) is 10.8 Å². The van der Waals surface area contributed by atoms with Crippen molar-refractivity contribution in [1.82, 2.24) is 4.98 Å². The zero-order valence-electron chi connectivity index (χ0n) is 14.8. The molecule has 0 unspecified atom stereocenters. The molecule has 3 aromatic carbocycles. The van der Waals surface area contributed by atoms with Crippen LogP contribution in [0.15, 0.2) is 69.6 Å². The Kier molecular flexibility index (Phi) is 6.20. The minimum absolute atomic E-state index is 0.122. The molecule has 0 atom stereocenters. The third kappa shape index (κ3) is 4.80. The quantitative estimate of drug-likeness (QED) is 0.286. The van der Waals surface area contributed by atoms with Gasteiger partial charge in [0.05, 0.1) is 15.9 Å². The summed E-state index contributed by atoms with van der Waals surface area (Å²) in [5.41, 5.74) is 2.40. The van der Waals surface area contributed by atoms with Crippen molar-refractivity contribution in [3.8, 4) is 16.3 Å². The Hall–Kier alpha value is -1.93. The lowest BCUT2D eigenvalue weighted by molar-refractivity contribution is -0.118. The molecule has 0 saturated heterocycles. The van der Waals surface area contributed by atoms with E-state index in [2.05, 4.69) is 37.2 Å². The van der Waals surface area contributed by atoms with E-state index in [0.717, 1.165) is 29.7 Å². The number of nitrogens with one attached hydrogen (secondary N) is 1. The van der Waals surface area contributed by atoms with Crippen LogP contribution in [0.2, 0.25) is 5.02 Å². The topological polar surface area (TPSA) is 51.2 Å². The van der Waals surface area contributed by atoms with Gasteiger partial charge in [0, 0.05) is 19.5 Å². The number of ether oxygens (including phenoxy) is 1. The first-order valence-electron chi connectivity index (χ1n) is 8.53. The second-order valence-electron chi connectivity index (χ2n) is 6.09. The number of carbonyl (C=O) groups is 1. The van der Waals surface area contributed by atoms with Crippen LogP contribution in [0.5, 0.6) is 5.75 Å². The Morgan fingerprint density at radius 3 is 2.62 bits per heavy atom. The molecule has 4 nitrogen and oxygen atoms in total. The van der Waals surface area contributed by atoms with Crippen molar-refractivity contribution in [2.45, 2.75) is 0 Å². The third-order valence-electron chi connectivity index (χ3n) is 4.03. The maximum atomic E-state index is 12.5. The highest BCUT2D eigenvalue weighted by Crippen LogP contribution is 2.40. The number of fused-ring (bicyclic) bond motifs is 1. The number of carbonyl (C=O) groups excluding carboxylic acids is 1. The van der Waals surface area contributed by atoms with Crippen molar-refractivity contribution in [2.24, 2.45) is 0 Å². The minimum atomic E-state index is -0.273. The molecule has 0 aliphatic rings. The molecule has 8 heteroatoms. The molecule has 0 aliphatic carbocycles. The largest absolute Gasteiger partial charge is 0.484 e. The lowest BCUT2D eigenvalue weighted by Gasteiger charge is -2.13. The average molecular weight is 553 g/mol. The second-order valence-corrected chi connectivity index (χ2v) is 9.32. The zero-order chi connectivity index (χ0) is 20.4. The number of hydrogen-bond donors (Lipinski definition) is 1. The smallest absolute Gasteiger partial charge is 0.262 e. The van der Waals surface area contributed by atoms with Crippen LogP contribution in [0.4, 0.5) is 5.69 Å². The second kappa shape index (κ2) is 8.83. The van der Waals surface area contributed by atoms with Crippen LogP contribution in [0, 0.1) is 0 Å². The minimum Gasteiger partial charge on any atom is -0.484 e. The Balaban J connectivity index is 1.59. The van der Waals surface area contributed by atoms with Crippen LogP contribution >= 0.6 is 54.8 Å². The number of para-hydroxylation sites is 1. The van der Waals surface area contributed by atoms with E-state index in [4.69, 9.17) is 21.3 Å². The number of nitrogens with zero attached hydrogens (tertiary/aromatic N) is 1. The van der Waals surface area contributed by atoms with E-state index in [-0.39, 0.29) is 12.5 Å². The highest BCUT2D eigenvalue weighted by atomic mass is 79.9. The van der Waals surface area contributed by atoms with Crippen LogP contribution in [0.3, 0.4) is 0 Å². The molecule has 1 aromatic heterocycles. The Morgan fingerprint density at radius 1 is 1.10 bits per heavy atom. The Bertz CT molecular complexity index is 1160. The molecule has 1 N–H and O–H groups in total. The maximum absolute atomic E-state index is 12.5.